The Balaban J connectivity index is 1.96. The number of carboxylic acids is 1. The lowest BCUT2D eigenvalue weighted by molar-refractivity contribution is -0.137. The zero-order valence-corrected chi connectivity index (χ0v) is 12.2. The number of halogens is 1. The number of hydrogen-bond acceptors (Lipinski definition) is 2. The van der Waals surface area contributed by atoms with Crippen LogP contribution >= 0.6 is 23.4 Å². The molecule has 0 aromatic heterocycles. The first kappa shape index (κ1) is 15.6. The van der Waals surface area contributed by atoms with E-state index < -0.39 is 5.97 Å². The SMILES string of the molecule is O=C(O)CCCCCCCSC1=C(Cl)CCC=C1. The molecule has 1 aliphatic rings. The summed E-state index contributed by atoms with van der Waals surface area (Å²) in [5.74, 6) is 0.422. The van der Waals surface area contributed by atoms with E-state index in [-0.39, 0.29) is 0 Å². The largest absolute Gasteiger partial charge is 0.481 e. The minimum atomic E-state index is -0.684. The molecular weight excluding hydrogens is 268 g/mol. The maximum Gasteiger partial charge on any atom is 0.303 e. The van der Waals surface area contributed by atoms with Gasteiger partial charge in [0.2, 0.25) is 0 Å². The van der Waals surface area contributed by atoms with Crippen molar-refractivity contribution in [3.05, 3.63) is 22.1 Å². The number of carbonyl (C=O) groups is 1. The number of unbranched alkanes of at least 4 members (excludes halogenated alkanes) is 4. The Hall–Kier alpha value is -0.410. The van der Waals surface area contributed by atoms with Gasteiger partial charge < -0.3 is 5.11 Å². The second-order valence-electron chi connectivity index (χ2n) is 4.47. The van der Waals surface area contributed by atoms with E-state index in [2.05, 4.69) is 12.2 Å². The van der Waals surface area contributed by atoms with Gasteiger partial charge in [-0.1, -0.05) is 43.0 Å². The monoisotopic (exact) mass is 288 g/mol. The second-order valence-corrected chi connectivity index (χ2v) is 6.06. The van der Waals surface area contributed by atoms with Crippen LogP contribution in [0.15, 0.2) is 22.1 Å². The molecule has 0 aromatic carbocycles. The second kappa shape index (κ2) is 9.51. The quantitative estimate of drug-likeness (QED) is 0.610. The highest BCUT2D eigenvalue weighted by Crippen LogP contribution is 2.31. The Morgan fingerprint density at radius 3 is 2.72 bits per heavy atom. The summed E-state index contributed by atoms with van der Waals surface area (Å²) in [6.45, 7) is 0. The van der Waals surface area contributed by atoms with Crippen molar-refractivity contribution in [2.75, 3.05) is 5.75 Å². The molecule has 0 fully saturated rings. The molecule has 0 spiro atoms. The summed E-state index contributed by atoms with van der Waals surface area (Å²) in [7, 11) is 0. The van der Waals surface area contributed by atoms with Crippen molar-refractivity contribution in [1.82, 2.24) is 0 Å². The molecule has 1 aliphatic carbocycles. The molecule has 0 aromatic rings. The van der Waals surface area contributed by atoms with Gasteiger partial charge in [-0.05, 0) is 31.4 Å². The summed E-state index contributed by atoms with van der Waals surface area (Å²) in [5.41, 5.74) is 0. The van der Waals surface area contributed by atoms with Crippen LogP contribution < -0.4 is 0 Å². The lowest BCUT2D eigenvalue weighted by Crippen LogP contribution is -1.93. The highest BCUT2D eigenvalue weighted by molar-refractivity contribution is 8.03. The van der Waals surface area contributed by atoms with E-state index in [4.69, 9.17) is 16.7 Å². The van der Waals surface area contributed by atoms with Gasteiger partial charge in [0.25, 0.3) is 0 Å². The van der Waals surface area contributed by atoms with Crippen LogP contribution in [0.25, 0.3) is 0 Å². The summed E-state index contributed by atoms with van der Waals surface area (Å²) in [6.07, 6.45) is 12.0. The van der Waals surface area contributed by atoms with Gasteiger partial charge in [-0.25, -0.2) is 0 Å². The molecular formula is C14H21ClO2S. The number of allylic oxidation sites excluding steroid dienone is 3. The molecule has 1 rings (SSSR count). The van der Waals surface area contributed by atoms with Crippen molar-refractivity contribution < 1.29 is 9.90 Å². The molecule has 102 valence electrons. The van der Waals surface area contributed by atoms with E-state index in [1.54, 1.807) is 0 Å². The zero-order valence-electron chi connectivity index (χ0n) is 10.7. The van der Waals surface area contributed by atoms with Gasteiger partial charge >= 0.3 is 5.97 Å². The average molecular weight is 289 g/mol. The van der Waals surface area contributed by atoms with Crippen molar-refractivity contribution in [2.24, 2.45) is 0 Å². The highest BCUT2D eigenvalue weighted by Gasteiger charge is 2.06. The van der Waals surface area contributed by atoms with Crippen molar-refractivity contribution in [1.29, 1.82) is 0 Å². The first-order valence-corrected chi connectivity index (χ1v) is 7.96. The minimum absolute atomic E-state index is 0.308. The van der Waals surface area contributed by atoms with Gasteiger partial charge in [-0.15, -0.1) is 11.8 Å². The van der Waals surface area contributed by atoms with E-state index >= 15 is 0 Å². The normalized spacial score (nSPS) is 15.2. The Morgan fingerprint density at radius 1 is 1.28 bits per heavy atom. The van der Waals surface area contributed by atoms with E-state index in [9.17, 15) is 4.79 Å². The molecule has 0 heterocycles. The van der Waals surface area contributed by atoms with Crippen molar-refractivity contribution in [3.8, 4) is 0 Å². The third kappa shape index (κ3) is 7.12. The third-order valence-corrected chi connectivity index (χ3v) is 4.55. The van der Waals surface area contributed by atoms with Gasteiger partial charge in [-0.2, -0.15) is 0 Å². The Bertz CT molecular complexity index is 324. The van der Waals surface area contributed by atoms with E-state index in [0.29, 0.717) is 6.42 Å². The topological polar surface area (TPSA) is 37.3 Å². The molecule has 0 saturated carbocycles. The molecule has 0 amide bonds. The molecule has 0 saturated heterocycles. The van der Waals surface area contributed by atoms with Crippen molar-refractivity contribution >= 4 is 29.3 Å². The fourth-order valence-electron chi connectivity index (χ4n) is 1.83. The lowest BCUT2D eigenvalue weighted by Gasteiger charge is -2.09. The molecule has 0 bridgehead atoms. The maximum atomic E-state index is 10.3. The van der Waals surface area contributed by atoms with E-state index in [1.165, 1.54) is 17.7 Å². The zero-order chi connectivity index (χ0) is 13.2. The van der Waals surface area contributed by atoms with Crippen LogP contribution in [0.1, 0.15) is 51.4 Å². The number of aliphatic carboxylic acids is 1. The van der Waals surface area contributed by atoms with Crippen LogP contribution in [0, 0.1) is 0 Å². The molecule has 0 radical (unpaired) electrons. The van der Waals surface area contributed by atoms with Crippen LogP contribution in [0.3, 0.4) is 0 Å². The van der Waals surface area contributed by atoms with E-state index in [1.807, 2.05) is 11.8 Å². The summed E-state index contributed by atoms with van der Waals surface area (Å²) in [5, 5.41) is 9.50. The standard InChI is InChI=1S/C14H21ClO2S/c15-12-8-5-6-9-13(12)18-11-7-3-1-2-4-10-14(16)17/h6,9H,1-5,7-8,10-11H2,(H,16,17). The predicted octanol–water partition coefficient (Wildman–Crippen LogP) is 4.95. The first-order valence-electron chi connectivity index (χ1n) is 6.60. The number of rotatable bonds is 9. The van der Waals surface area contributed by atoms with Crippen LogP contribution in [0.4, 0.5) is 0 Å². The molecule has 18 heavy (non-hydrogen) atoms. The molecule has 0 unspecified atom stereocenters. The predicted molar refractivity (Wildman–Crippen MR) is 79.0 cm³/mol. The molecule has 4 heteroatoms. The Labute approximate surface area is 118 Å². The highest BCUT2D eigenvalue weighted by atomic mass is 35.5. The summed E-state index contributed by atoms with van der Waals surface area (Å²) < 4.78 is 0. The maximum absolute atomic E-state index is 10.3. The van der Waals surface area contributed by atoms with Gasteiger partial charge in [0, 0.05) is 16.4 Å². The number of thioether (sulfide) groups is 1. The van der Waals surface area contributed by atoms with Crippen LogP contribution in [-0.4, -0.2) is 16.8 Å². The van der Waals surface area contributed by atoms with E-state index in [0.717, 1.165) is 42.9 Å². The van der Waals surface area contributed by atoms with Gasteiger partial charge in [-0.3, -0.25) is 4.79 Å². The lowest BCUT2D eigenvalue weighted by atomic mass is 10.1. The average Bonchev–Trinajstić information content (AvgIpc) is 2.34. The minimum Gasteiger partial charge on any atom is -0.481 e. The molecule has 0 aliphatic heterocycles. The summed E-state index contributed by atoms with van der Waals surface area (Å²) >= 11 is 7.99. The van der Waals surface area contributed by atoms with Crippen LogP contribution in [-0.2, 0) is 4.79 Å². The summed E-state index contributed by atoms with van der Waals surface area (Å²) in [6, 6.07) is 0. The molecule has 2 nitrogen and oxygen atoms in total. The molecule has 0 atom stereocenters. The van der Waals surface area contributed by atoms with Crippen LogP contribution in [0.2, 0.25) is 0 Å². The van der Waals surface area contributed by atoms with Crippen molar-refractivity contribution in [3.63, 3.8) is 0 Å². The smallest absolute Gasteiger partial charge is 0.303 e. The fourth-order valence-corrected chi connectivity index (χ4v) is 3.19. The third-order valence-electron chi connectivity index (χ3n) is 2.86. The first-order chi connectivity index (χ1) is 8.70. The Kier molecular flexibility index (Phi) is 8.27. The Morgan fingerprint density at radius 2 is 2.00 bits per heavy atom. The fraction of sp³-hybridized carbons (Fsp3) is 0.643. The molecule has 1 N–H and O–H groups in total. The summed E-state index contributed by atoms with van der Waals surface area (Å²) in [4.78, 5) is 11.5. The van der Waals surface area contributed by atoms with Gasteiger partial charge in [0.1, 0.15) is 0 Å². The number of carboxylic acid groups (broad SMARTS) is 1. The van der Waals surface area contributed by atoms with Crippen molar-refractivity contribution in [2.45, 2.75) is 51.4 Å². The van der Waals surface area contributed by atoms with Gasteiger partial charge in [0.15, 0.2) is 0 Å². The van der Waals surface area contributed by atoms with Crippen LogP contribution in [0.5, 0.6) is 0 Å². The number of hydrogen-bond donors (Lipinski definition) is 1. The van der Waals surface area contributed by atoms with Gasteiger partial charge in [0.05, 0.1) is 0 Å².